The van der Waals surface area contributed by atoms with E-state index in [4.69, 9.17) is 21.6 Å². The van der Waals surface area contributed by atoms with Crippen LogP contribution in [0.4, 0.5) is 16.3 Å². The van der Waals surface area contributed by atoms with E-state index in [1.807, 2.05) is 56.4 Å². The summed E-state index contributed by atoms with van der Waals surface area (Å²) in [6.45, 7) is 5.90. The maximum atomic E-state index is 12.9. The Balaban J connectivity index is 1.61. The minimum atomic E-state index is -0.150. The highest BCUT2D eigenvalue weighted by molar-refractivity contribution is 6.31. The van der Waals surface area contributed by atoms with Crippen molar-refractivity contribution < 1.29 is 4.79 Å². The number of aryl methyl sites for hydroxylation is 1. The number of nitrogens with one attached hydrogen (secondary N) is 1. The Labute approximate surface area is 187 Å². The van der Waals surface area contributed by atoms with Crippen LogP contribution in [0.2, 0.25) is 5.02 Å². The van der Waals surface area contributed by atoms with Gasteiger partial charge in [0.1, 0.15) is 5.82 Å². The van der Waals surface area contributed by atoms with E-state index >= 15 is 0 Å². The van der Waals surface area contributed by atoms with Crippen LogP contribution in [0.25, 0.3) is 11.4 Å². The average molecular weight is 436 g/mol. The van der Waals surface area contributed by atoms with E-state index in [1.54, 1.807) is 11.0 Å². The molecule has 1 aromatic heterocycles. The second kappa shape index (κ2) is 8.94. The number of amides is 2. The van der Waals surface area contributed by atoms with Gasteiger partial charge in [-0.1, -0.05) is 48.0 Å². The average Bonchev–Trinajstić information content (AvgIpc) is 2.80. The molecule has 0 atom stereocenters. The summed E-state index contributed by atoms with van der Waals surface area (Å²) in [5.41, 5.74) is 4.67. The molecule has 0 saturated carbocycles. The number of carbonyl (C=O) groups excluding carboxylic acids is 1. The Kier molecular flexibility index (Phi) is 6.09. The molecule has 1 aliphatic heterocycles. The molecule has 0 saturated heterocycles. The lowest BCUT2D eigenvalue weighted by atomic mass is 10.0. The summed E-state index contributed by atoms with van der Waals surface area (Å²) < 4.78 is 0. The first-order valence-electron chi connectivity index (χ1n) is 10.4. The minimum Gasteiger partial charge on any atom is -0.360 e. The zero-order valence-electron chi connectivity index (χ0n) is 18.0. The molecule has 0 bridgehead atoms. The van der Waals surface area contributed by atoms with E-state index < -0.39 is 0 Å². The zero-order chi connectivity index (χ0) is 22.0. The van der Waals surface area contributed by atoms with Crippen LogP contribution in [0, 0.1) is 6.92 Å². The van der Waals surface area contributed by atoms with Crippen molar-refractivity contribution in [2.45, 2.75) is 26.8 Å². The van der Waals surface area contributed by atoms with Crippen LogP contribution in [0.1, 0.15) is 23.7 Å². The standard InChI is InChI=1S/C24H26ClN5O/c1-4-29(3)23-19-15-30(24(31)26-18-11-10-16(2)20(25)14-18)13-12-21(19)27-22(28-23)17-8-6-5-7-9-17/h5-11,14H,4,12-13,15H2,1-3H3,(H,26,31). The van der Waals surface area contributed by atoms with Crippen molar-refractivity contribution in [1.82, 2.24) is 14.9 Å². The maximum Gasteiger partial charge on any atom is 0.322 e. The van der Waals surface area contributed by atoms with Gasteiger partial charge in [0, 0.05) is 48.4 Å². The van der Waals surface area contributed by atoms with Gasteiger partial charge >= 0.3 is 6.03 Å². The summed E-state index contributed by atoms with van der Waals surface area (Å²) >= 11 is 6.20. The van der Waals surface area contributed by atoms with Crippen LogP contribution in [-0.2, 0) is 13.0 Å². The molecule has 0 radical (unpaired) electrons. The monoisotopic (exact) mass is 435 g/mol. The molecule has 3 aromatic rings. The van der Waals surface area contributed by atoms with Crippen LogP contribution in [0.5, 0.6) is 0 Å². The zero-order valence-corrected chi connectivity index (χ0v) is 18.8. The van der Waals surface area contributed by atoms with Crippen molar-refractivity contribution in [2.75, 3.05) is 30.4 Å². The highest BCUT2D eigenvalue weighted by Crippen LogP contribution is 2.29. The van der Waals surface area contributed by atoms with Crippen molar-refractivity contribution in [2.24, 2.45) is 0 Å². The molecule has 0 fully saturated rings. The van der Waals surface area contributed by atoms with Crippen LogP contribution in [-0.4, -0.2) is 41.0 Å². The van der Waals surface area contributed by atoms with Crippen molar-refractivity contribution in [3.8, 4) is 11.4 Å². The van der Waals surface area contributed by atoms with Gasteiger partial charge in [-0.15, -0.1) is 0 Å². The summed E-state index contributed by atoms with van der Waals surface area (Å²) in [7, 11) is 2.02. The molecule has 0 spiro atoms. The third-order valence-corrected chi connectivity index (χ3v) is 6.02. The molecule has 0 unspecified atom stereocenters. The number of halogens is 1. The number of fused-ring (bicyclic) bond motifs is 1. The van der Waals surface area contributed by atoms with Gasteiger partial charge in [-0.3, -0.25) is 0 Å². The molecule has 4 rings (SSSR count). The van der Waals surface area contributed by atoms with Crippen LogP contribution >= 0.6 is 11.6 Å². The van der Waals surface area contributed by atoms with Gasteiger partial charge in [0.15, 0.2) is 5.82 Å². The summed E-state index contributed by atoms with van der Waals surface area (Å²) in [6.07, 6.45) is 0.685. The third kappa shape index (κ3) is 4.49. The molecule has 2 aromatic carbocycles. The van der Waals surface area contributed by atoms with Gasteiger partial charge in [0.05, 0.1) is 12.2 Å². The smallest absolute Gasteiger partial charge is 0.322 e. The van der Waals surface area contributed by atoms with Crippen LogP contribution < -0.4 is 10.2 Å². The Hall–Kier alpha value is -3.12. The van der Waals surface area contributed by atoms with Crippen LogP contribution in [0.3, 0.4) is 0 Å². The number of hydrogen-bond acceptors (Lipinski definition) is 4. The molecule has 6 nitrogen and oxygen atoms in total. The summed E-state index contributed by atoms with van der Waals surface area (Å²) in [6, 6.07) is 15.4. The molecule has 7 heteroatoms. The number of benzene rings is 2. The topological polar surface area (TPSA) is 61.4 Å². The molecule has 2 amide bonds. The Morgan fingerprint density at radius 2 is 1.97 bits per heavy atom. The first-order chi connectivity index (χ1) is 15.0. The molecule has 160 valence electrons. The largest absolute Gasteiger partial charge is 0.360 e. The number of rotatable bonds is 4. The summed E-state index contributed by atoms with van der Waals surface area (Å²) in [4.78, 5) is 26.5. The summed E-state index contributed by atoms with van der Waals surface area (Å²) in [5, 5.41) is 3.59. The van der Waals surface area contributed by atoms with Crippen molar-refractivity contribution in [1.29, 1.82) is 0 Å². The van der Waals surface area contributed by atoms with Gasteiger partial charge in [-0.25, -0.2) is 14.8 Å². The second-order valence-corrected chi connectivity index (χ2v) is 8.15. The first kappa shape index (κ1) is 21.1. The third-order valence-electron chi connectivity index (χ3n) is 5.62. The maximum absolute atomic E-state index is 12.9. The molecule has 31 heavy (non-hydrogen) atoms. The van der Waals surface area contributed by atoms with E-state index in [-0.39, 0.29) is 6.03 Å². The first-order valence-corrected chi connectivity index (χ1v) is 10.8. The van der Waals surface area contributed by atoms with E-state index in [9.17, 15) is 4.79 Å². The van der Waals surface area contributed by atoms with E-state index in [0.29, 0.717) is 30.2 Å². The second-order valence-electron chi connectivity index (χ2n) is 7.74. The molecule has 1 N–H and O–H groups in total. The van der Waals surface area contributed by atoms with Crippen LogP contribution in [0.15, 0.2) is 48.5 Å². The van der Waals surface area contributed by atoms with Gasteiger partial charge in [-0.05, 0) is 31.5 Å². The lowest BCUT2D eigenvalue weighted by Gasteiger charge is -2.31. The fraction of sp³-hybridized carbons (Fsp3) is 0.292. The number of aromatic nitrogens is 2. The predicted octanol–water partition coefficient (Wildman–Crippen LogP) is 5.15. The Morgan fingerprint density at radius 3 is 2.68 bits per heavy atom. The predicted molar refractivity (Wildman–Crippen MR) is 126 cm³/mol. The number of carbonyl (C=O) groups is 1. The normalized spacial score (nSPS) is 13.0. The van der Waals surface area contributed by atoms with E-state index in [2.05, 4.69) is 17.1 Å². The highest BCUT2D eigenvalue weighted by Gasteiger charge is 2.27. The molecular formula is C24H26ClN5O. The fourth-order valence-corrected chi connectivity index (χ4v) is 3.81. The van der Waals surface area contributed by atoms with Crippen molar-refractivity contribution in [3.05, 3.63) is 70.4 Å². The molecule has 0 aliphatic carbocycles. The number of anilines is 2. The van der Waals surface area contributed by atoms with E-state index in [0.717, 1.165) is 40.6 Å². The quantitative estimate of drug-likeness (QED) is 0.615. The Morgan fingerprint density at radius 1 is 1.19 bits per heavy atom. The summed E-state index contributed by atoms with van der Waals surface area (Å²) in [5.74, 6) is 1.60. The lowest BCUT2D eigenvalue weighted by molar-refractivity contribution is 0.206. The molecule has 1 aliphatic rings. The number of urea groups is 1. The molecule has 2 heterocycles. The SMILES string of the molecule is CCN(C)c1nc(-c2ccccc2)nc2c1CN(C(=O)Nc1ccc(C)c(Cl)c1)CC2. The van der Waals surface area contributed by atoms with Gasteiger partial charge in [-0.2, -0.15) is 0 Å². The minimum absolute atomic E-state index is 0.150. The molecular weight excluding hydrogens is 410 g/mol. The van der Waals surface area contributed by atoms with Crippen molar-refractivity contribution in [3.63, 3.8) is 0 Å². The van der Waals surface area contributed by atoms with Gasteiger partial charge < -0.3 is 15.1 Å². The number of nitrogens with zero attached hydrogens (tertiary/aromatic N) is 4. The lowest BCUT2D eigenvalue weighted by Crippen LogP contribution is -2.40. The number of hydrogen-bond donors (Lipinski definition) is 1. The van der Waals surface area contributed by atoms with Crippen molar-refractivity contribution >= 4 is 29.1 Å². The highest BCUT2D eigenvalue weighted by atomic mass is 35.5. The fourth-order valence-electron chi connectivity index (χ4n) is 3.63. The van der Waals surface area contributed by atoms with Gasteiger partial charge in [0.25, 0.3) is 0 Å². The van der Waals surface area contributed by atoms with Gasteiger partial charge in [0.2, 0.25) is 0 Å². The Bertz CT molecular complexity index is 1100. The van der Waals surface area contributed by atoms with E-state index in [1.165, 1.54) is 0 Å².